The molecule has 28 heavy (non-hydrogen) atoms. The number of hydrogen-bond donors (Lipinski definition) is 1. The molecule has 2 aliphatic rings. The minimum atomic E-state index is -0.0769. The highest BCUT2D eigenvalue weighted by molar-refractivity contribution is 5.78. The lowest BCUT2D eigenvalue weighted by molar-refractivity contribution is 0.214. The number of rotatable bonds is 5. The summed E-state index contributed by atoms with van der Waals surface area (Å²) in [6, 6.07) is 16.4. The highest BCUT2D eigenvalue weighted by Crippen LogP contribution is 2.40. The van der Waals surface area contributed by atoms with Gasteiger partial charge in [-0.05, 0) is 67.0 Å². The van der Waals surface area contributed by atoms with Crippen molar-refractivity contribution in [2.45, 2.75) is 43.7 Å². The van der Waals surface area contributed by atoms with Crippen LogP contribution in [0.4, 0.5) is 4.79 Å². The first-order valence-corrected chi connectivity index (χ1v) is 9.95. The molecule has 2 fully saturated rings. The molecule has 0 bridgehead atoms. The molecule has 1 N–H and O–H groups in total. The van der Waals surface area contributed by atoms with Crippen molar-refractivity contribution < 1.29 is 14.3 Å². The fourth-order valence-corrected chi connectivity index (χ4v) is 4.52. The summed E-state index contributed by atoms with van der Waals surface area (Å²) >= 11 is 0. The van der Waals surface area contributed by atoms with Gasteiger partial charge in [0.25, 0.3) is 0 Å². The number of carbonyl (C=O) groups is 1. The molecule has 1 aliphatic carbocycles. The van der Waals surface area contributed by atoms with Crippen LogP contribution in [0.3, 0.4) is 0 Å². The standard InChI is InChI=1S/C23H28N2O3/c1-27-20-7-3-17(4-8-20)15-25-16-23(24-22(25)26)13-11-19(12-14-23)18-5-9-21(28-2)10-6-18/h3-10,19H,11-16H2,1-2H3,(H,24,26). The third kappa shape index (κ3) is 3.79. The van der Waals surface area contributed by atoms with E-state index in [4.69, 9.17) is 9.47 Å². The van der Waals surface area contributed by atoms with Crippen molar-refractivity contribution in [3.8, 4) is 11.5 Å². The SMILES string of the molecule is COc1ccc(CN2CC3(CCC(c4ccc(OC)cc4)CC3)NC2=O)cc1. The lowest BCUT2D eigenvalue weighted by Gasteiger charge is -2.36. The summed E-state index contributed by atoms with van der Waals surface area (Å²) in [6.45, 7) is 1.42. The van der Waals surface area contributed by atoms with Gasteiger partial charge in [-0.2, -0.15) is 0 Å². The van der Waals surface area contributed by atoms with Crippen LogP contribution < -0.4 is 14.8 Å². The Labute approximate surface area is 166 Å². The second-order valence-corrected chi connectivity index (χ2v) is 7.96. The Kier molecular flexibility index (Phi) is 5.16. The average Bonchev–Trinajstić information content (AvgIpc) is 3.03. The molecule has 5 heteroatoms. The van der Waals surface area contributed by atoms with E-state index in [0.29, 0.717) is 12.5 Å². The molecule has 1 aliphatic heterocycles. The number of nitrogens with one attached hydrogen (secondary N) is 1. The second-order valence-electron chi connectivity index (χ2n) is 7.96. The molecule has 0 atom stereocenters. The van der Waals surface area contributed by atoms with Crippen LogP contribution >= 0.6 is 0 Å². The predicted octanol–water partition coefficient (Wildman–Crippen LogP) is 4.33. The molecular formula is C23H28N2O3. The maximum atomic E-state index is 12.6. The lowest BCUT2D eigenvalue weighted by atomic mass is 9.74. The van der Waals surface area contributed by atoms with Crippen molar-refractivity contribution in [2.75, 3.05) is 20.8 Å². The van der Waals surface area contributed by atoms with E-state index in [1.807, 2.05) is 41.3 Å². The van der Waals surface area contributed by atoms with Gasteiger partial charge in [-0.3, -0.25) is 0 Å². The van der Waals surface area contributed by atoms with E-state index in [1.165, 1.54) is 5.56 Å². The van der Waals surface area contributed by atoms with E-state index in [9.17, 15) is 4.79 Å². The highest BCUT2D eigenvalue weighted by atomic mass is 16.5. The van der Waals surface area contributed by atoms with Crippen LogP contribution in [0.1, 0.15) is 42.7 Å². The first-order valence-electron chi connectivity index (χ1n) is 9.95. The molecule has 0 radical (unpaired) electrons. The zero-order valence-corrected chi connectivity index (χ0v) is 16.6. The monoisotopic (exact) mass is 380 g/mol. The summed E-state index contributed by atoms with van der Waals surface area (Å²) in [6.07, 6.45) is 4.25. The van der Waals surface area contributed by atoms with Gasteiger partial charge in [0.1, 0.15) is 11.5 Å². The van der Waals surface area contributed by atoms with Crippen molar-refractivity contribution >= 4 is 6.03 Å². The van der Waals surface area contributed by atoms with E-state index in [0.717, 1.165) is 49.3 Å². The van der Waals surface area contributed by atoms with Gasteiger partial charge in [0.15, 0.2) is 0 Å². The average molecular weight is 380 g/mol. The van der Waals surface area contributed by atoms with Gasteiger partial charge >= 0.3 is 6.03 Å². The number of hydrogen-bond acceptors (Lipinski definition) is 3. The molecule has 1 saturated heterocycles. The fraction of sp³-hybridized carbons (Fsp3) is 0.435. The van der Waals surface area contributed by atoms with Crippen LogP contribution in [0.25, 0.3) is 0 Å². The topological polar surface area (TPSA) is 50.8 Å². The quantitative estimate of drug-likeness (QED) is 0.840. The summed E-state index contributed by atoms with van der Waals surface area (Å²) in [5.74, 6) is 2.29. The Bertz CT molecular complexity index is 809. The zero-order valence-electron chi connectivity index (χ0n) is 16.6. The summed E-state index contributed by atoms with van der Waals surface area (Å²) in [5, 5.41) is 3.29. The van der Waals surface area contributed by atoms with Crippen LogP contribution in [0, 0.1) is 0 Å². The molecule has 1 heterocycles. The number of benzene rings is 2. The summed E-state index contributed by atoms with van der Waals surface area (Å²) in [4.78, 5) is 14.5. The Morgan fingerprint density at radius 3 is 2.11 bits per heavy atom. The predicted molar refractivity (Wildman–Crippen MR) is 109 cm³/mol. The minimum absolute atomic E-state index is 0.0544. The minimum Gasteiger partial charge on any atom is -0.497 e. The molecule has 2 aromatic rings. The molecule has 2 aromatic carbocycles. The first kappa shape index (κ1) is 18.7. The molecule has 4 rings (SSSR count). The van der Waals surface area contributed by atoms with Crippen LogP contribution in [-0.4, -0.2) is 37.2 Å². The largest absolute Gasteiger partial charge is 0.497 e. The van der Waals surface area contributed by atoms with Crippen LogP contribution in [0.5, 0.6) is 11.5 Å². The normalized spacial score (nSPS) is 24.3. The zero-order chi connectivity index (χ0) is 19.6. The molecule has 0 aromatic heterocycles. The van der Waals surface area contributed by atoms with Crippen molar-refractivity contribution in [1.82, 2.24) is 10.2 Å². The number of methoxy groups -OCH3 is 2. The Morgan fingerprint density at radius 2 is 1.54 bits per heavy atom. The highest BCUT2D eigenvalue weighted by Gasteiger charge is 2.44. The maximum Gasteiger partial charge on any atom is 0.318 e. The van der Waals surface area contributed by atoms with E-state index in [2.05, 4.69) is 17.4 Å². The molecule has 1 spiro atoms. The number of carbonyl (C=O) groups excluding carboxylic acids is 1. The number of urea groups is 1. The van der Waals surface area contributed by atoms with Crippen molar-refractivity contribution in [1.29, 1.82) is 0 Å². The smallest absolute Gasteiger partial charge is 0.318 e. The van der Waals surface area contributed by atoms with Crippen LogP contribution in [0.2, 0.25) is 0 Å². The number of amides is 2. The van der Waals surface area contributed by atoms with Crippen molar-refractivity contribution in [3.05, 3.63) is 59.7 Å². The third-order valence-electron chi connectivity index (χ3n) is 6.22. The molecular weight excluding hydrogens is 352 g/mol. The molecule has 148 valence electrons. The van der Waals surface area contributed by atoms with Gasteiger partial charge in [-0.25, -0.2) is 4.79 Å². The molecule has 5 nitrogen and oxygen atoms in total. The lowest BCUT2D eigenvalue weighted by Crippen LogP contribution is -2.46. The van der Waals surface area contributed by atoms with E-state index < -0.39 is 0 Å². The van der Waals surface area contributed by atoms with Gasteiger partial charge in [0, 0.05) is 13.1 Å². The number of nitrogens with zero attached hydrogens (tertiary/aromatic N) is 1. The molecule has 1 saturated carbocycles. The Hall–Kier alpha value is -2.69. The Balaban J connectivity index is 1.36. The van der Waals surface area contributed by atoms with Crippen LogP contribution in [0.15, 0.2) is 48.5 Å². The Morgan fingerprint density at radius 1 is 0.964 bits per heavy atom. The van der Waals surface area contributed by atoms with Crippen molar-refractivity contribution in [3.63, 3.8) is 0 Å². The summed E-state index contributed by atoms with van der Waals surface area (Å²) < 4.78 is 10.5. The molecule has 0 unspecified atom stereocenters. The maximum absolute atomic E-state index is 12.6. The first-order chi connectivity index (χ1) is 13.6. The summed E-state index contributed by atoms with van der Waals surface area (Å²) in [5.41, 5.74) is 2.42. The second kappa shape index (κ2) is 7.74. The van der Waals surface area contributed by atoms with E-state index in [1.54, 1.807) is 14.2 Å². The van der Waals surface area contributed by atoms with E-state index in [-0.39, 0.29) is 11.6 Å². The van der Waals surface area contributed by atoms with Gasteiger partial charge in [-0.15, -0.1) is 0 Å². The van der Waals surface area contributed by atoms with E-state index >= 15 is 0 Å². The van der Waals surface area contributed by atoms with Crippen molar-refractivity contribution in [2.24, 2.45) is 0 Å². The van der Waals surface area contributed by atoms with Gasteiger partial charge < -0.3 is 19.7 Å². The van der Waals surface area contributed by atoms with Gasteiger partial charge in [0.05, 0.1) is 19.8 Å². The van der Waals surface area contributed by atoms with Crippen LogP contribution in [-0.2, 0) is 6.54 Å². The summed E-state index contributed by atoms with van der Waals surface area (Å²) in [7, 11) is 3.36. The van der Waals surface area contributed by atoms with Gasteiger partial charge in [0.2, 0.25) is 0 Å². The molecule has 2 amide bonds. The van der Waals surface area contributed by atoms with Gasteiger partial charge in [-0.1, -0.05) is 24.3 Å². The third-order valence-corrected chi connectivity index (χ3v) is 6.22. The fourth-order valence-electron chi connectivity index (χ4n) is 4.52. The number of ether oxygens (including phenoxy) is 2.